The molecule has 0 fully saturated rings. The Morgan fingerprint density at radius 3 is 1.54 bits per heavy atom. The summed E-state index contributed by atoms with van der Waals surface area (Å²) >= 11 is 0. The van der Waals surface area contributed by atoms with Crippen molar-refractivity contribution in [2.45, 2.75) is 64.2 Å². The summed E-state index contributed by atoms with van der Waals surface area (Å²) < 4.78 is 0. The molecule has 2 aromatic heterocycles. The van der Waals surface area contributed by atoms with E-state index in [-0.39, 0.29) is 10.8 Å². The van der Waals surface area contributed by atoms with Gasteiger partial charge in [0.15, 0.2) is 0 Å². The van der Waals surface area contributed by atoms with E-state index in [0.717, 1.165) is 53.8 Å². The average molecular weight is 597 g/mol. The highest BCUT2D eigenvalue weighted by molar-refractivity contribution is 6.10. The van der Waals surface area contributed by atoms with E-state index in [1.165, 1.54) is 38.8 Å². The monoisotopic (exact) mass is 596 g/mol. The molecule has 2 aliphatic rings. The fraction of sp³-hybridized carbons (Fsp3) is 0.227. The van der Waals surface area contributed by atoms with Crippen LogP contribution in [-0.4, -0.2) is 9.97 Å². The number of aromatic nitrogens is 2. The van der Waals surface area contributed by atoms with Crippen LogP contribution >= 0.6 is 0 Å². The minimum atomic E-state index is -0.0404. The largest absolute Gasteiger partial charge is 0.248 e. The molecule has 0 amide bonds. The highest BCUT2D eigenvalue weighted by atomic mass is 14.7. The van der Waals surface area contributed by atoms with Crippen molar-refractivity contribution in [1.29, 1.82) is 0 Å². The highest BCUT2D eigenvalue weighted by Gasteiger charge is 2.54. The van der Waals surface area contributed by atoms with Crippen molar-refractivity contribution in [3.63, 3.8) is 0 Å². The summed E-state index contributed by atoms with van der Waals surface area (Å²) in [6.07, 6.45) is 4.25. The predicted octanol–water partition coefficient (Wildman–Crippen LogP) is 11.7. The maximum atomic E-state index is 5.15. The third kappa shape index (κ3) is 4.02. The third-order valence-corrected chi connectivity index (χ3v) is 11.2. The summed E-state index contributed by atoms with van der Waals surface area (Å²) in [5, 5.41) is 1.18. The molecule has 2 heteroatoms. The maximum Gasteiger partial charge on any atom is 0.0709 e. The molecule has 0 unspecified atom stereocenters. The van der Waals surface area contributed by atoms with Gasteiger partial charge in [0, 0.05) is 32.9 Å². The Kier molecular flexibility index (Phi) is 6.79. The second-order valence-corrected chi connectivity index (χ2v) is 13.0. The molecule has 0 spiro atoms. The SMILES string of the molecule is CCC1(CC)C2=C(c3ccc(-c4cccc(-c5ccccc5)n4)cc31)C(CC)(CC)c1cc(-c3ccc4ccccc4n3)ccc12. The van der Waals surface area contributed by atoms with E-state index in [2.05, 4.69) is 149 Å². The van der Waals surface area contributed by atoms with Gasteiger partial charge in [0.25, 0.3) is 0 Å². The minimum Gasteiger partial charge on any atom is -0.248 e. The summed E-state index contributed by atoms with van der Waals surface area (Å²) in [5.74, 6) is 0. The van der Waals surface area contributed by atoms with Gasteiger partial charge in [0.1, 0.15) is 0 Å². The van der Waals surface area contributed by atoms with Crippen molar-refractivity contribution >= 4 is 22.0 Å². The van der Waals surface area contributed by atoms with E-state index >= 15 is 0 Å². The lowest BCUT2D eigenvalue weighted by Crippen LogP contribution is -2.26. The lowest BCUT2D eigenvalue weighted by atomic mass is 9.68. The third-order valence-electron chi connectivity index (χ3n) is 11.2. The number of rotatable bonds is 7. The van der Waals surface area contributed by atoms with Crippen molar-refractivity contribution in [1.82, 2.24) is 9.97 Å². The Balaban J connectivity index is 1.27. The first kappa shape index (κ1) is 28.6. The number of hydrogen-bond acceptors (Lipinski definition) is 2. The molecule has 0 radical (unpaired) electrons. The summed E-state index contributed by atoms with van der Waals surface area (Å²) in [6.45, 7) is 9.54. The molecular weight excluding hydrogens is 556 g/mol. The first-order chi connectivity index (χ1) is 22.6. The van der Waals surface area contributed by atoms with Gasteiger partial charge in [-0.2, -0.15) is 0 Å². The molecule has 2 heterocycles. The summed E-state index contributed by atoms with van der Waals surface area (Å²) in [6, 6.07) is 44.1. The lowest BCUT2D eigenvalue weighted by molar-refractivity contribution is 0.518. The summed E-state index contributed by atoms with van der Waals surface area (Å²) in [5.41, 5.74) is 16.6. The van der Waals surface area contributed by atoms with Crippen LogP contribution in [-0.2, 0) is 10.8 Å². The molecule has 0 atom stereocenters. The van der Waals surface area contributed by atoms with Gasteiger partial charge < -0.3 is 0 Å². The number of hydrogen-bond donors (Lipinski definition) is 0. The Morgan fingerprint density at radius 2 is 0.957 bits per heavy atom. The fourth-order valence-corrected chi connectivity index (χ4v) is 8.73. The Labute approximate surface area is 272 Å². The molecule has 6 aromatic rings. The van der Waals surface area contributed by atoms with Crippen LogP contribution in [0.25, 0.3) is 55.8 Å². The number of benzene rings is 4. The van der Waals surface area contributed by atoms with E-state index < -0.39 is 0 Å². The van der Waals surface area contributed by atoms with Gasteiger partial charge in [-0.3, -0.25) is 0 Å². The lowest BCUT2D eigenvalue weighted by Gasteiger charge is -2.35. The maximum absolute atomic E-state index is 5.15. The van der Waals surface area contributed by atoms with Crippen LogP contribution in [0.2, 0.25) is 0 Å². The van der Waals surface area contributed by atoms with Crippen molar-refractivity contribution in [2.75, 3.05) is 0 Å². The van der Waals surface area contributed by atoms with E-state index in [0.29, 0.717) is 0 Å². The zero-order valence-electron chi connectivity index (χ0n) is 27.3. The molecule has 2 aliphatic carbocycles. The topological polar surface area (TPSA) is 25.8 Å². The molecule has 226 valence electrons. The number of para-hydroxylation sites is 1. The predicted molar refractivity (Wildman–Crippen MR) is 194 cm³/mol. The zero-order valence-corrected chi connectivity index (χ0v) is 27.3. The van der Waals surface area contributed by atoms with Gasteiger partial charge in [-0.25, -0.2) is 9.97 Å². The van der Waals surface area contributed by atoms with Gasteiger partial charge >= 0.3 is 0 Å². The molecule has 2 nitrogen and oxygen atoms in total. The zero-order chi connectivity index (χ0) is 31.5. The van der Waals surface area contributed by atoms with Crippen LogP contribution in [0.1, 0.15) is 75.6 Å². The van der Waals surface area contributed by atoms with Crippen molar-refractivity contribution in [2.24, 2.45) is 0 Å². The van der Waals surface area contributed by atoms with Crippen molar-refractivity contribution in [3.05, 3.63) is 144 Å². The van der Waals surface area contributed by atoms with Crippen LogP contribution in [0.4, 0.5) is 0 Å². The average Bonchev–Trinajstić information content (AvgIpc) is 3.59. The van der Waals surface area contributed by atoms with E-state index in [1.54, 1.807) is 11.1 Å². The van der Waals surface area contributed by atoms with Crippen LogP contribution in [0.5, 0.6) is 0 Å². The van der Waals surface area contributed by atoms with Gasteiger partial charge in [0.2, 0.25) is 0 Å². The smallest absolute Gasteiger partial charge is 0.0709 e. The van der Waals surface area contributed by atoms with Gasteiger partial charge in [-0.05, 0) is 95.5 Å². The molecule has 0 aliphatic heterocycles. The van der Waals surface area contributed by atoms with Gasteiger partial charge in [-0.15, -0.1) is 0 Å². The minimum absolute atomic E-state index is 0.0364. The second-order valence-electron chi connectivity index (χ2n) is 13.0. The summed E-state index contributed by atoms with van der Waals surface area (Å²) in [4.78, 5) is 10.2. The first-order valence-corrected chi connectivity index (χ1v) is 17.0. The highest BCUT2D eigenvalue weighted by Crippen LogP contribution is 2.67. The Hall–Kier alpha value is -4.82. The summed E-state index contributed by atoms with van der Waals surface area (Å²) in [7, 11) is 0. The van der Waals surface area contributed by atoms with Crippen LogP contribution in [0.15, 0.2) is 121 Å². The van der Waals surface area contributed by atoms with Crippen LogP contribution in [0, 0.1) is 0 Å². The molecule has 0 saturated carbocycles. The van der Waals surface area contributed by atoms with Crippen LogP contribution < -0.4 is 0 Å². The number of allylic oxidation sites excluding steroid dienone is 2. The number of fused-ring (bicyclic) bond motifs is 5. The van der Waals surface area contributed by atoms with Crippen molar-refractivity contribution in [3.8, 4) is 33.8 Å². The van der Waals surface area contributed by atoms with Crippen LogP contribution in [0.3, 0.4) is 0 Å². The Bertz CT molecular complexity index is 2150. The second kappa shape index (κ2) is 10.9. The fourth-order valence-electron chi connectivity index (χ4n) is 8.73. The number of pyridine rings is 2. The Morgan fingerprint density at radius 1 is 0.435 bits per heavy atom. The first-order valence-electron chi connectivity index (χ1n) is 17.0. The standard InChI is InChI=1S/C44H40N2/c1-5-43(6-2)35-27-31(39-20-14-19-38(45-39)29-15-10-9-11-16-29)21-24-33(35)41-42(43)34-25-22-32(28-36(34)44(41,7-3)8-4)40-26-23-30-17-12-13-18-37(30)46-40/h9-28H,5-8H2,1-4H3. The molecule has 4 aromatic carbocycles. The van der Waals surface area contributed by atoms with Gasteiger partial charge in [-0.1, -0.05) is 113 Å². The van der Waals surface area contributed by atoms with Crippen molar-refractivity contribution < 1.29 is 0 Å². The molecule has 8 rings (SSSR count). The van der Waals surface area contributed by atoms with E-state index in [1.807, 2.05) is 0 Å². The number of nitrogens with zero attached hydrogens (tertiary/aromatic N) is 2. The van der Waals surface area contributed by atoms with Gasteiger partial charge in [0.05, 0.1) is 22.6 Å². The normalized spacial score (nSPS) is 15.6. The van der Waals surface area contributed by atoms with E-state index in [9.17, 15) is 0 Å². The molecule has 0 bridgehead atoms. The molecule has 0 saturated heterocycles. The molecule has 46 heavy (non-hydrogen) atoms. The molecular formula is C44H40N2. The molecule has 0 N–H and O–H groups in total. The quantitative estimate of drug-likeness (QED) is 0.183. The van der Waals surface area contributed by atoms with E-state index in [4.69, 9.17) is 9.97 Å².